The fourth-order valence-electron chi connectivity index (χ4n) is 1.58. The molecule has 2 rings (SSSR count). The van der Waals surface area contributed by atoms with E-state index in [9.17, 15) is 4.39 Å². The van der Waals surface area contributed by atoms with E-state index in [4.69, 9.17) is 11.6 Å². The van der Waals surface area contributed by atoms with Crippen molar-refractivity contribution in [2.75, 3.05) is 18.5 Å². The second-order valence-electron chi connectivity index (χ2n) is 3.03. The van der Waals surface area contributed by atoms with Crippen LogP contribution in [0.2, 0.25) is 5.02 Å². The number of anilines is 1. The minimum atomic E-state index is -0.251. The molecule has 0 atom stereocenters. The number of benzene rings is 1. The summed E-state index contributed by atoms with van der Waals surface area (Å²) in [5.74, 6) is -0.251. The van der Waals surface area contributed by atoms with Crippen LogP contribution in [-0.4, -0.2) is 13.6 Å². The Labute approximate surface area is 75.7 Å². The Morgan fingerprint density at radius 2 is 2.25 bits per heavy atom. The van der Waals surface area contributed by atoms with Crippen LogP contribution in [0.3, 0.4) is 0 Å². The van der Waals surface area contributed by atoms with E-state index in [2.05, 4.69) is 0 Å². The van der Waals surface area contributed by atoms with Gasteiger partial charge < -0.3 is 4.90 Å². The Bertz CT molecular complexity index is 325. The fraction of sp³-hybridized carbons (Fsp3) is 0.333. The summed E-state index contributed by atoms with van der Waals surface area (Å²) in [6.45, 7) is 0.882. The van der Waals surface area contributed by atoms with Gasteiger partial charge in [0.05, 0.1) is 5.02 Å². The molecule has 0 saturated carbocycles. The summed E-state index contributed by atoms with van der Waals surface area (Å²) in [5, 5.41) is 0.226. The number of hydrogen-bond acceptors (Lipinski definition) is 1. The van der Waals surface area contributed by atoms with Gasteiger partial charge in [0.15, 0.2) is 0 Å². The number of rotatable bonds is 0. The van der Waals surface area contributed by atoms with Crippen LogP contribution >= 0.6 is 11.6 Å². The number of halogens is 2. The number of likely N-dealkylation sites (N-methyl/N-ethyl adjacent to an activating group) is 1. The van der Waals surface area contributed by atoms with E-state index >= 15 is 0 Å². The average Bonchev–Trinajstić information content (AvgIpc) is 2.41. The van der Waals surface area contributed by atoms with Gasteiger partial charge in [-0.2, -0.15) is 0 Å². The maximum Gasteiger partial charge on any atom is 0.147 e. The molecule has 0 spiro atoms. The van der Waals surface area contributed by atoms with Crippen molar-refractivity contribution in [3.8, 4) is 0 Å². The summed E-state index contributed by atoms with van der Waals surface area (Å²) in [5.41, 5.74) is 1.72. The zero-order valence-electron chi connectivity index (χ0n) is 6.77. The van der Waals surface area contributed by atoms with Gasteiger partial charge in [0.2, 0.25) is 0 Å². The van der Waals surface area contributed by atoms with Gasteiger partial charge in [0.25, 0.3) is 0 Å². The molecule has 0 radical (unpaired) electrons. The van der Waals surface area contributed by atoms with Crippen molar-refractivity contribution in [3.05, 3.63) is 28.5 Å². The minimum absolute atomic E-state index is 0.226. The van der Waals surface area contributed by atoms with Crippen LogP contribution in [0.5, 0.6) is 0 Å². The molecular weight excluding hydrogens is 177 g/mol. The number of hydrogen-bond donors (Lipinski definition) is 0. The van der Waals surface area contributed by atoms with Crippen LogP contribution in [0, 0.1) is 5.82 Å². The molecule has 1 heterocycles. The van der Waals surface area contributed by atoms with Crippen LogP contribution < -0.4 is 4.90 Å². The van der Waals surface area contributed by atoms with Gasteiger partial charge in [-0.15, -0.1) is 0 Å². The van der Waals surface area contributed by atoms with Gasteiger partial charge >= 0.3 is 0 Å². The third kappa shape index (κ3) is 0.985. The smallest absolute Gasteiger partial charge is 0.147 e. The predicted octanol–water partition coefficient (Wildman–Crippen LogP) is 2.47. The van der Waals surface area contributed by atoms with Crippen LogP contribution in [0.1, 0.15) is 5.56 Å². The van der Waals surface area contributed by atoms with Gasteiger partial charge in [0.1, 0.15) is 5.82 Å². The second-order valence-corrected chi connectivity index (χ2v) is 3.44. The van der Waals surface area contributed by atoms with Crippen molar-refractivity contribution in [2.45, 2.75) is 6.42 Å². The maximum atomic E-state index is 13.3. The summed E-state index contributed by atoms with van der Waals surface area (Å²) in [4.78, 5) is 2.04. The van der Waals surface area contributed by atoms with E-state index in [-0.39, 0.29) is 10.8 Å². The Hall–Kier alpha value is -0.760. The highest BCUT2D eigenvalue weighted by Crippen LogP contribution is 2.32. The molecule has 1 nitrogen and oxygen atoms in total. The van der Waals surface area contributed by atoms with E-state index < -0.39 is 0 Å². The lowest BCUT2D eigenvalue weighted by atomic mass is 10.1. The van der Waals surface area contributed by atoms with E-state index in [1.807, 2.05) is 18.0 Å². The number of nitrogens with zero attached hydrogens (tertiary/aromatic N) is 1. The molecule has 0 N–H and O–H groups in total. The van der Waals surface area contributed by atoms with Gasteiger partial charge in [0, 0.05) is 24.8 Å². The van der Waals surface area contributed by atoms with Crippen molar-refractivity contribution in [3.63, 3.8) is 0 Å². The first kappa shape index (κ1) is 7.87. The van der Waals surface area contributed by atoms with E-state index in [0.29, 0.717) is 0 Å². The first-order valence-electron chi connectivity index (χ1n) is 3.88. The molecule has 0 amide bonds. The van der Waals surface area contributed by atoms with Gasteiger partial charge in [-0.05, 0) is 18.6 Å². The van der Waals surface area contributed by atoms with Crippen LogP contribution in [0.15, 0.2) is 12.1 Å². The van der Waals surface area contributed by atoms with Crippen molar-refractivity contribution in [1.29, 1.82) is 0 Å². The third-order valence-corrected chi connectivity index (χ3v) is 2.57. The van der Waals surface area contributed by atoms with Crippen molar-refractivity contribution < 1.29 is 4.39 Å². The lowest BCUT2D eigenvalue weighted by molar-refractivity contribution is 0.616. The largest absolute Gasteiger partial charge is 0.374 e. The molecule has 0 unspecified atom stereocenters. The van der Waals surface area contributed by atoms with Crippen molar-refractivity contribution >= 4 is 17.3 Å². The molecule has 0 saturated heterocycles. The van der Waals surface area contributed by atoms with E-state index in [1.165, 1.54) is 0 Å². The molecule has 1 aliphatic rings. The number of fused-ring (bicyclic) bond motifs is 1. The van der Waals surface area contributed by atoms with Crippen LogP contribution in [0.25, 0.3) is 0 Å². The van der Waals surface area contributed by atoms with Gasteiger partial charge in [-0.1, -0.05) is 11.6 Å². The highest BCUT2D eigenvalue weighted by atomic mass is 35.5. The molecule has 3 heteroatoms. The Morgan fingerprint density at radius 3 is 3.00 bits per heavy atom. The molecule has 12 heavy (non-hydrogen) atoms. The molecule has 0 aromatic heterocycles. The van der Waals surface area contributed by atoms with Crippen molar-refractivity contribution in [1.82, 2.24) is 0 Å². The molecule has 0 fully saturated rings. The van der Waals surface area contributed by atoms with Crippen LogP contribution in [-0.2, 0) is 6.42 Å². The highest BCUT2D eigenvalue weighted by Gasteiger charge is 2.20. The fourth-order valence-corrected chi connectivity index (χ4v) is 1.75. The molecule has 0 bridgehead atoms. The molecule has 1 aliphatic heterocycles. The van der Waals surface area contributed by atoms with Crippen molar-refractivity contribution in [2.24, 2.45) is 0 Å². The average molecular weight is 186 g/mol. The zero-order valence-corrected chi connectivity index (χ0v) is 7.53. The van der Waals surface area contributed by atoms with E-state index in [0.717, 1.165) is 24.2 Å². The lowest BCUT2D eigenvalue weighted by Crippen LogP contribution is -2.12. The predicted molar refractivity (Wildman–Crippen MR) is 48.4 cm³/mol. The normalized spacial score (nSPS) is 15.1. The quantitative estimate of drug-likeness (QED) is 0.600. The molecule has 0 aliphatic carbocycles. The summed E-state index contributed by atoms with van der Waals surface area (Å²) in [6.07, 6.45) is 0.762. The SMILES string of the molecule is CN1CCc2c1ccc(Cl)c2F. The standard InChI is InChI=1S/C9H9ClFN/c1-12-5-4-6-8(12)3-2-7(10)9(6)11/h2-3H,4-5H2,1H3. The topological polar surface area (TPSA) is 3.24 Å². The van der Waals surface area contributed by atoms with Crippen LogP contribution in [0.4, 0.5) is 10.1 Å². The maximum absolute atomic E-state index is 13.3. The second kappa shape index (κ2) is 2.63. The Balaban J connectivity index is 2.60. The Morgan fingerprint density at radius 1 is 1.50 bits per heavy atom. The molecular formula is C9H9ClFN. The Kier molecular flexibility index (Phi) is 1.72. The summed E-state index contributed by atoms with van der Waals surface area (Å²) in [6, 6.07) is 3.48. The zero-order chi connectivity index (χ0) is 8.72. The molecule has 64 valence electrons. The molecule has 1 aromatic rings. The first-order chi connectivity index (χ1) is 5.70. The first-order valence-corrected chi connectivity index (χ1v) is 4.26. The minimum Gasteiger partial charge on any atom is -0.374 e. The molecule has 1 aromatic carbocycles. The highest BCUT2D eigenvalue weighted by molar-refractivity contribution is 6.30. The summed E-state index contributed by atoms with van der Waals surface area (Å²) >= 11 is 5.65. The summed E-state index contributed by atoms with van der Waals surface area (Å²) < 4.78 is 13.3. The summed E-state index contributed by atoms with van der Waals surface area (Å²) in [7, 11) is 1.96. The lowest BCUT2D eigenvalue weighted by Gasteiger charge is -2.11. The monoisotopic (exact) mass is 185 g/mol. The van der Waals surface area contributed by atoms with Gasteiger partial charge in [-0.25, -0.2) is 4.39 Å². The van der Waals surface area contributed by atoms with E-state index in [1.54, 1.807) is 6.07 Å². The third-order valence-electron chi connectivity index (χ3n) is 2.28. The van der Waals surface area contributed by atoms with Gasteiger partial charge in [-0.3, -0.25) is 0 Å².